The summed E-state index contributed by atoms with van der Waals surface area (Å²) in [4.78, 5) is 52.1. The highest BCUT2D eigenvalue weighted by atomic mass is 32.1. The van der Waals surface area contributed by atoms with Crippen molar-refractivity contribution in [1.82, 2.24) is 15.0 Å². The molecule has 0 aliphatic rings. The van der Waals surface area contributed by atoms with E-state index in [0.29, 0.717) is 16.7 Å². The van der Waals surface area contributed by atoms with E-state index in [1.165, 1.54) is 16.2 Å². The lowest BCUT2D eigenvalue weighted by molar-refractivity contribution is 0.102. The zero-order valence-corrected chi connectivity index (χ0v) is 38.3. The predicted octanol–water partition coefficient (Wildman–Crippen LogP) is 12.9. The molecule has 0 unspecified atom stereocenters. The summed E-state index contributed by atoms with van der Waals surface area (Å²) in [6.07, 6.45) is 0.121. The summed E-state index contributed by atoms with van der Waals surface area (Å²) < 4.78 is 5.61. The summed E-state index contributed by atoms with van der Waals surface area (Å²) in [6.45, 7) is 13.8. The van der Waals surface area contributed by atoms with E-state index in [1.807, 2.05) is 181 Å². The maximum Gasteiger partial charge on any atom is 0.258 e. The summed E-state index contributed by atoms with van der Waals surface area (Å²) >= 11 is 3.10. The molecule has 4 aromatic carbocycles. The number of carbonyl (C=O) groups excluding carboxylic acids is 3. The van der Waals surface area contributed by atoms with Crippen LogP contribution in [0.4, 0.5) is 15.7 Å². The number of amides is 3. The molecular weight excluding hydrogens is 837 g/mol. The number of hydrogen-bond acceptors (Lipinski definition) is 9. The molecule has 3 N–H and O–H groups in total. The van der Waals surface area contributed by atoms with Crippen molar-refractivity contribution in [2.75, 3.05) is 16.0 Å². The Morgan fingerprint density at radius 3 is 1.38 bits per heavy atom. The van der Waals surface area contributed by atoms with Gasteiger partial charge in [-0.3, -0.25) is 29.3 Å². The summed E-state index contributed by atoms with van der Waals surface area (Å²) in [5, 5.41) is 15.4. The number of ether oxygens (including phenoxy) is 1. The average Bonchev–Trinajstić information content (AvgIpc) is 3.89. The molecule has 322 valence electrons. The Morgan fingerprint density at radius 2 is 0.969 bits per heavy atom. The van der Waals surface area contributed by atoms with Crippen molar-refractivity contribution in [3.63, 3.8) is 0 Å². The number of rotatable bonds is 8. The summed E-state index contributed by atoms with van der Waals surface area (Å²) in [6, 6.07) is 42.0. The van der Waals surface area contributed by atoms with Gasteiger partial charge in [0.05, 0.1) is 49.3 Å². The fourth-order valence-electron chi connectivity index (χ4n) is 6.73. The lowest BCUT2D eigenvalue weighted by Crippen LogP contribution is -2.13. The normalized spacial score (nSPS) is 10.8. The molecule has 64 heavy (non-hydrogen) atoms. The Balaban J connectivity index is 0.000000144. The lowest BCUT2D eigenvalue weighted by Gasteiger charge is -2.11. The van der Waals surface area contributed by atoms with Crippen LogP contribution in [0.25, 0.3) is 32.7 Å². The molecule has 0 fully saturated rings. The molecule has 0 spiro atoms. The van der Waals surface area contributed by atoms with Crippen molar-refractivity contribution in [2.45, 2.75) is 54.6 Å². The molecule has 5 aromatic heterocycles. The van der Waals surface area contributed by atoms with Crippen molar-refractivity contribution in [2.24, 2.45) is 0 Å². The number of anilines is 3. The van der Waals surface area contributed by atoms with E-state index < -0.39 is 0 Å². The second-order valence-corrected chi connectivity index (χ2v) is 17.6. The number of para-hydroxylation sites is 3. The summed E-state index contributed by atoms with van der Waals surface area (Å²) in [5.41, 5.74) is 8.57. The highest BCUT2D eigenvalue weighted by molar-refractivity contribution is 7.16. The van der Waals surface area contributed by atoms with Gasteiger partial charge in [0.1, 0.15) is 5.75 Å². The molecule has 0 bridgehead atoms. The number of hydrogen-bond donors (Lipinski definition) is 3. The Morgan fingerprint density at radius 1 is 0.516 bits per heavy atom. The van der Waals surface area contributed by atoms with Gasteiger partial charge in [-0.15, -0.1) is 22.7 Å². The van der Waals surface area contributed by atoms with Crippen molar-refractivity contribution < 1.29 is 19.1 Å². The maximum atomic E-state index is 12.6. The molecule has 0 radical (unpaired) electrons. The van der Waals surface area contributed by atoms with E-state index in [4.69, 9.17) is 4.74 Å². The number of benzene rings is 4. The number of nitrogens with zero attached hydrogens (tertiary/aromatic N) is 3. The Labute approximate surface area is 380 Å². The second kappa shape index (κ2) is 20.3. The third-order valence-electron chi connectivity index (χ3n) is 9.74. The van der Waals surface area contributed by atoms with Crippen LogP contribution in [0.5, 0.6) is 5.75 Å². The number of thiophene rings is 2. The smallest absolute Gasteiger partial charge is 0.258 e. The molecule has 0 aliphatic heterocycles. The molecule has 0 saturated carbocycles. The van der Waals surface area contributed by atoms with Gasteiger partial charge in [0.15, 0.2) is 0 Å². The van der Waals surface area contributed by atoms with Crippen LogP contribution in [-0.4, -0.2) is 38.8 Å². The third-order valence-corrected chi connectivity index (χ3v) is 11.6. The lowest BCUT2D eigenvalue weighted by atomic mass is 10.1. The molecule has 0 aliphatic carbocycles. The van der Waals surface area contributed by atoms with Gasteiger partial charge in [-0.1, -0.05) is 54.6 Å². The van der Waals surface area contributed by atoms with Gasteiger partial charge in [-0.05, 0) is 138 Å². The van der Waals surface area contributed by atoms with Gasteiger partial charge in [0.2, 0.25) is 0 Å². The first-order chi connectivity index (χ1) is 30.8. The molecule has 3 amide bonds. The minimum atomic E-state index is -0.170. The fraction of sp³-hybridized carbons (Fsp3) is 0.154. The minimum Gasteiger partial charge on any atom is -0.491 e. The number of carbonyl (C=O) groups is 3. The van der Waals surface area contributed by atoms with E-state index in [1.54, 1.807) is 17.4 Å². The standard InChI is InChI=1S/C20H20N2O2.2C16H14N2OS/c1-13(2)24-17-11-9-16(10-12-17)22-20(23)18-6-4-5-15-8-7-14(3)21-19(15)18;1-10-6-8-12-4-3-5-13(15(12)17-10)16(19)18-14-9-7-11(2)20-14;1-10-8-14(20-9-10)18-16(19)13-5-3-4-12-7-6-11(2)17-15(12)13/h4-13H,1-3H3,(H,22,23);2*3-9H,1-2H3,(H,18,19). The fourth-order valence-corrected chi connectivity index (χ4v) is 8.28. The molecule has 12 heteroatoms. The predicted molar refractivity (Wildman–Crippen MR) is 264 cm³/mol. The Bertz CT molecular complexity index is 2990. The first-order valence-electron chi connectivity index (χ1n) is 20.7. The van der Waals surface area contributed by atoms with Gasteiger partial charge in [0.25, 0.3) is 17.7 Å². The number of nitrogens with one attached hydrogen (secondary N) is 3. The van der Waals surface area contributed by atoms with Crippen LogP contribution < -0.4 is 20.7 Å². The van der Waals surface area contributed by atoms with Crippen LogP contribution >= 0.6 is 22.7 Å². The van der Waals surface area contributed by atoms with Crippen LogP contribution in [0.1, 0.15) is 72.4 Å². The van der Waals surface area contributed by atoms with E-state index in [2.05, 4.69) is 30.9 Å². The van der Waals surface area contributed by atoms with Gasteiger partial charge in [-0.2, -0.15) is 0 Å². The van der Waals surface area contributed by atoms with Crippen molar-refractivity contribution in [3.05, 3.63) is 183 Å². The van der Waals surface area contributed by atoms with Gasteiger partial charge < -0.3 is 20.7 Å². The molecule has 10 nitrogen and oxygen atoms in total. The molecular formula is C52H48N6O4S2. The monoisotopic (exact) mass is 884 g/mol. The SMILES string of the molecule is Cc1ccc2cccc(C(=O)Nc3ccc(C)s3)c2n1.Cc1ccc2cccc(C(=O)Nc3ccc(OC(C)C)cc3)c2n1.Cc1csc(NC(=O)c2cccc3ccc(C)nc23)c1. The van der Waals surface area contributed by atoms with Gasteiger partial charge in [-0.25, -0.2) is 0 Å². The van der Waals surface area contributed by atoms with Crippen molar-refractivity contribution >= 4 is 88.8 Å². The van der Waals surface area contributed by atoms with Crippen molar-refractivity contribution in [3.8, 4) is 5.75 Å². The second-order valence-electron chi connectivity index (χ2n) is 15.4. The summed E-state index contributed by atoms with van der Waals surface area (Å²) in [7, 11) is 0. The number of aromatic nitrogens is 3. The highest BCUT2D eigenvalue weighted by Gasteiger charge is 2.15. The quantitative estimate of drug-likeness (QED) is 0.138. The number of aryl methyl sites for hydroxylation is 5. The van der Waals surface area contributed by atoms with E-state index in [-0.39, 0.29) is 23.8 Å². The number of fused-ring (bicyclic) bond motifs is 3. The van der Waals surface area contributed by atoms with Crippen LogP contribution in [0.15, 0.2) is 139 Å². The zero-order chi connectivity index (χ0) is 45.3. The number of pyridine rings is 3. The van der Waals surface area contributed by atoms with Gasteiger partial charge >= 0.3 is 0 Å². The van der Waals surface area contributed by atoms with E-state index in [0.717, 1.165) is 76.8 Å². The molecule has 9 rings (SSSR count). The van der Waals surface area contributed by atoms with E-state index >= 15 is 0 Å². The molecule has 9 aromatic rings. The van der Waals surface area contributed by atoms with Crippen LogP contribution in [0.2, 0.25) is 0 Å². The molecule has 0 saturated heterocycles. The first kappa shape index (κ1) is 44.8. The van der Waals surface area contributed by atoms with Crippen LogP contribution in [0, 0.1) is 34.6 Å². The topological polar surface area (TPSA) is 135 Å². The van der Waals surface area contributed by atoms with Crippen molar-refractivity contribution in [1.29, 1.82) is 0 Å². The molecule has 0 atom stereocenters. The Hall–Kier alpha value is -7.28. The highest BCUT2D eigenvalue weighted by Crippen LogP contribution is 2.26. The third kappa shape index (κ3) is 11.4. The molecule has 5 heterocycles. The Kier molecular flexibility index (Phi) is 14.2. The van der Waals surface area contributed by atoms with Crippen LogP contribution in [0.3, 0.4) is 0 Å². The largest absolute Gasteiger partial charge is 0.491 e. The first-order valence-corrected chi connectivity index (χ1v) is 22.4. The summed E-state index contributed by atoms with van der Waals surface area (Å²) in [5.74, 6) is 0.382. The average molecular weight is 885 g/mol. The van der Waals surface area contributed by atoms with Crippen LogP contribution in [-0.2, 0) is 0 Å². The van der Waals surface area contributed by atoms with E-state index in [9.17, 15) is 14.4 Å². The van der Waals surface area contributed by atoms with Gasteiger partial charge in [0, 0.05) is 43.8 Å². The zero-order valence-electron chi connectivity index (χ0n) is 36.6. The maximum absolute atomic E-state index is 12.6. The minimum absolute atomic E-state index is 0.115.